The molecule has 29 heavy (non-hydrogen) atoms. The second-order valence-electron chi connectivity index (χ2n) is 7.78. The number of aryl methyl sites for hydroxylation is 3. The molecule has 0 radical (unpaired) electrons. The van der Waals surface area contributed by atoms with E-state index in [1.165, 1.54) is 5.56 Å². The van der Waals surface area contributed by atoms with Gasteiger partial charge in [-0.15, -0.1) is 0 Å². The van der Waals surface area contributed by atoms with Crippen molar-refractivity contribution in [3.05, 3.63) is 35.2 Å². The zero-order chi connectivity index (χ0) is 20.7. The molecule has 0 saturated heterocycles. The number of pyridine rings is 2. The number of nitrogens with zero attached hydrogens (tertiary/aromatic N) is 3. The number of aromatic nitrogens is 3. The Bertz CT molecular complexity index is 1200. The van der Waals surface area contributed by atoms with Gasteiger partial charge in [0, 0.05) is 28.0 Å². The molecule has 0 aliphatic carbocycles. The lowest BCUT2D eigenvalue weighted by atomic mass is 10.0. The topological polar surface area (TPSA) is 96.9 Å². The van der Waals surface area contributed by atoms with E-state index in [2.05, 4.69) is 48.6 Å². The van der Waals surface area contributed by atoms with Gasteiger partial charge in [0.1, 0.15) is 11.6 Å². The van der Waals surface area contributed by atoms with Crippen molar-refractivity contribution in [1.82, 2.24) is 19.9 Å². The van der Waals surface area contributed by atoms with Crippen molar-refractivity contribution in [3.8, 4) is 0 Å². The second-order valence-corrected chi connectivity index (χ2v) is 7.78. The van der Waals surface area contributed by atoms with Crippen LogP contribution in [0.25, 0.3) is 32.6 Å². The fourth-order valence-corrected chi connectivity index (χ4v) is 4.50. The van der Waals surface area contributed by atoms with Crippen LogP contribution < -0.4 is 11.5 Å². The molecule has 0 fully saturated rings. The summed E-state index contributed by atoms with van der Waals surface area (Å²) in [6, 6.07) is 4.12. The Morgan fingerprint density at radius 3 is 2.48 bits per heavy atom. The maximum atomic E-state index is 6.40. The van der Waals surface area contributed by atoms with E-state index in [0.29, 0.717) is 11.6 Å². The highest BCUT2D eigenvalue weighted by molar-refractivity contribution is 6.18. The molecule has 0 saturated carbocycles. The average Bonchev–Trinajstić information content (AvgIpc) is 3.09. The van der Waals surface area contributed by atoms with Crippen molar-refractivity contribution in [2.24, 2.45) is 0 Å². The van der Waals surface area contributed by atoms with E-state index in [4.69, 9.17) is 16.5 Å². The number of nitrogens with two attached hydrogens (primary N) is 2. The van der Waals surface area contributed by atoms with Crippen LogP contribution in [0.2, 0.25) is 0 Å². The summed E-state index contributed by atoms with van der Waals surface area (Å²) in [6.45, 7) is 11.9. The quantitative estimate of drug-likeness (QED) is 0.455. The largest absolute Gasteiger partial charge is 0.383 e. The maximum absolute atomic E-state index is 6.40. The minimum Gasteiger partial charge on any atom is -0.383 e. The first kappa shape index (κ1) is 19.5. The standard InChI is InChI=1S/C23H30N6/c1-5-29(6-2)11-7-8-16-14(4)27-23(25)19-18-12-17-15(9-10-26-22(17)24)13(3)20(18)28-21(16)19/h9-10,12,28H,5-8,11H2,1-4H3,(H2,24,26)(H2,25,27). The fourth-order valence-electron chi connectivity index (χ4n) is 4.50. The molecule has 0 aliphatic rings. The molecule has 0 aliphatic heterocycles. The first-order valence-electron chi connectivity index (χ1n) is 10.4. The van der Waals surface area contributed by atoms with Gasteiger partial charge in [0.15, 0.2) is 0 Å². The molecule has 6 heteroatoms. The van der Waals surface area contributed by atoms with E-state index in [0.717, 1.165) is 76.3 Å². The Kier molecular flexibility index (Phi) is 5.04. The minimum atomic E-state index is 0.542. The van der Waals surface area contributed by atoms with Gasteiger partial charge in [-0.2, -0.15) is 0 Å². The number of rotatable bonds is 6. The lowest BCUT2D eigenvalue weighted by Gasteiger charge is -2.18. The van der Waals surface area contributed by atoms with Gasteiger partial charge in [0.2, 0.25) is 0 Å². The smallest absolute Gasteiger partial charge is 0.133 e. The van der Waals surface area contributed by atoms with Crippen LogP contribution in [0.5, 0.6) is 0 Å². The summed E-state index contributed by atoms with van der Waals surface area (Å²) >= 11 is 0. The summed E-state index contributed by atoms with van der Waals surface area (Å²) in [5.74, 6) is 1.11. The van der Waals surface area contributed by atoms with Crippen molar-refractivity contribution in [2.75, 3.05) is 31.1 Å². The summed E-state index contributed by atoms with van der Waals surface area (Å²) in [4.78, 5) is 15.1. The van der Waals surface area contributed by atoms with Crippen LogP contribution in [0.3, 0.4) is 0 Å². The van der Waals surface area contributed by atoms with Crippen molar-refractivity contribution < 1.29 is 0 Å². The number of H-pyrrole nitrogens is 1. The lowest BCUT2D eigenvalue weighted by Crippen LogP contribution is -2.24. The fraction of sp³-hybridized carbons (Fsp3) is 0.391. The van der Waals surface area contributed by atoms with Crippen LogP contribution in [0.15, 0.2) is 18.3 Å². The van der Waals surface area contributed by atoms with Gasteiger partial charge >= 0.3 is 0 Å². The number of benzene rings is 1. The highest BCUT2D eigenvalue weighted by Gasteiger charge is 2.18. The molecule has 4 aromatic rings. The normalized spacial score (nSPS) is 12.0. The van der Waals surface area contributed by atoms with Gasteiger partial charge in [-0.3, -0.25) is 0 Å². The van der Waals surface area contributed by atoms with Gasteiger partial charge in [-0.25, -0.2) is 9.97 Å². The molecule has 6 nitrogen and oxygen atoms in total. The summed E-state index contributed by atoms with van der Waals surface area (Å²) in [5, 5.41) is 4.14. The third-order valence-electron chi connectivity index (χ3n) is 6.21. The number of fused-ring (bicyclic) bond motifs is 4. The predicted molar refractivity (Wildman–Crippen MR) is 123 cm³/mol. The van der Waals surface area contributed by atoms with Gasteiger partial charge < -0.3 is 21.4 Å². The van der Waals surface area contributed by atoms with Crippen LogP contribution >= 0.6 is 0 Å². The monoisotopic (exact) mass is 390 g/mol. The number of anilines is 2. The van der Waals surface area contributed by atoms with E-state index in [1.807, 2.05) is 6.07 Å². The Labute approximate surface area is 171 Å². The Morgan fingerprint density at radius 1 is 1.00 bits per heavy atom. The summed E-state index contributed by atoms with van der Waals surface area (Å²) in [5.41, 5.74) is 18.2. The van der Waals surface area contributed by atoms with Crippen molar-refractivity contribution in [3.63, 3.8) is 0 Å². The number of nitrogen functional groups attached to an aromatic ring is 2. The Morgan fingerprint density at radius 2 is 1.76 bits per heavy atom. The molecule has 0 atom stereocenters. The molecular weight excluding hydrogens is 360 g/mol. The summed E-state index contributed by atoms with van der Waals surface area (Å²) in [7, 11) is 0. The minimum absolute atomic E-state index is 0.542. The predicted octanol–water partition coefficient (Wildman–Crippen LogP) is 4.32. The van der Waals surface area contributed by atoms with Gasteiger partial charge in [0.05, 0.1) is 11.0 Å². The molecule has 0 spiro atoms. The lowest BCUT2D eigenvalue weighted by molar-refractivity contribution is 0.300. The molecule has 5 N–H and O–H groups in total. The van der Waals surface area contributed by atoms with Crippen LogP contribution in [-0.4, -0.2) is 39.5 Å². The SMILES string of the molecule is CCN(CC)CCCc1c(C)nc(N)c2c1[nH]c1c(C)c3ccnc(N)c3cc12. The molecule has 152 valence electrons. The highest BCUT2D eigenvalue weighted by Crippen LogP contribution is 2.38. The van der Waals surface area contributed by atoms with Crippen molar-refractivity contribution >= 4 is 44.2 Å². The zero-order valence-corrected chi connectivity index (χ0v) is 17.8. The zero-order valence-electron chi connectivity index (χ0n) is 17.8. The Hall–Kier alpha value is -2.86. The Balaban J connectivity index is 1.90. The maximum Gasteiger partial charge on any atom is 0.133 e. The summed E-state index contributed by atoms with van der Waals surface area (Å²) < 4.78 is 0. The van der Waals surface area contributed by atoms with Crippen molar-refractivity contribution in [1.29, 1.82) is 0 Å². The van der Waals surface area contributed by atoms with E-state index in [-0.39, 0.29) is 0 Å². The van der Waals surface area contributed by atoms with Crippen LogP contribution in [0.4, 0.5) is 11.6 Å². The molecule has 0 unspecified atom stereocenters. The number of hydrogen-bond acceptors (Lipinski definition) is 5. The molecule has 1 aromatic carbocycles. The van der Waals surface area contributed by atoms with Crippen LogP contribution in [-0.2, 0) is 6.42 Å². The number of aromatic amines is 1. The van der Waals surface area contributed by atoms with Crippen molar-refractivity contribution in [2.45, 2.75) is 40.5 Å². The molecule has 3 aromatic heterocycles. The molecule has 0 amide bonds. The van der Waals surface area contributed by atoms with Gasteiger partial charge in [0.25, 0.3) is 0 Å². The first-order valence-corrected chi connectivity index (χ1v) is 10.4. The highest BCUT2D eigenvalue weighted by atomic mass is 15.1. The second kappa shape index (κ2) is 7.52. The average molecular weight is 391 g/mol. The van der Waals surface area contributed by atoms with E-state index < -0.39 is 0 Å². The molecule has 0 bridgehead atoms. The number of hydrogen-bond donors (Lipinski definition) is 3. The van der Waals surface area contributed by atoms with E-state index in [9.17, 15) is 0 Å². The van der Waals surface area contributed by atoms with E-state index >= 15 is 0 Å². The van der Waals surface area contributed by atoms with Crippen LogP contribution in [0, 0.1) is 13.8 Å². The summed E-state index contributed by atoms with van der Waals surface area (Å²) in [6.07, 6.45) is 3.83. The molecular formula is C23H30N6. The first-order chi connectivity index (χ1) is 14.0. The third kappa shape index (κ3) is 3.17. The molecule has 4 rings (SSSR count). The van der Waals surface area contributed by atoms with Crippen LogP contribution in [0.1, 0.15) is 37.1 Å². The third-order valence-corrected chi connectivity index (χ3v) is 6.21. The number of nitrogens with one attached hydrogen (secondary N) is 1. The van der Waals surface area contributed by atoms with Gasteiger partial charge in [-0.05, 0) is 75.0 Å². The van der Waals surface area contributed by atoms with Gasteiger partial charge in [-0.1, -0.05) is 13.8 Å². The molecule has 3 heterocycles. The van der Waals surface area contributed by atoms with E-state index in [1.54, 1.807) is 6.20 Å².